The van der Waals surface area contributed by atoms with E-state index in [-0.39, 0.29) is 35.0 Å². The number of hydroxylamine groups is 2. The number of rotatable bonds is 7. The van der Waals surface area contributed by atoms with Gasteiger partial charge in [-0.05, 0) is 59.0 Å². The number of imide groups is 1. The van der Waals surface area contributed by atoms with Crippen LogP contribution in [0.1, 0.15) is 66.6 Å². The zero-order valence-corrected chi connectivity index (χ0v) is 22.8. The Hall–Kier alpha value is -5.44. The van der Waals surface area contributed by atoms with Crippen molar-refractivity contribution < 1.29 is 33.5 Å². The van der Waals surface area contributed by atoms with Gasteiger partial charge in [-0.3, -0.25) is 9.59 Å². The lowest BCUT2D eigenvalue weighted by Gasteiger charge is -2.19. The highest BCUT2D eigenvalue weighted by Crippen LogP contribution is 2.44. The van der Waals surface area contributed by atoms with Crippen molar-refractivity contribution in [3.05, 3.63) is 124 Å². The SMILES string of the molecule is COc1ccc([C@H](C)NC(=O)OCC2c3ccccc3-c3ccccc32)cc1C(=O)ON1C(=O)c2ccccc2C1=O. The van der Waals surface area contributed by atoms with Gasteiger partial charge in [-0.25, -0.2) is 9.59 Å². The molecule has 0 unspecified atom stereocenters. The number of fused-ring (bicyclic) bond motifs is 4. The molecule has 0 aromatic heterocycles. The van der Waals surface area contributed by atoms with Crippen LogP contribution in [0.4, 0.5) is 4.79 Å². The summed E-state index contributed by atoms with van der Waals surface area (Å²) >= 11 is 0. The monoisotopic (exact) mass is 562 g/mol. The van der Waals surface area contributed by atoms with Crippen molar-refractivity contribution in [2.45, 2.75) is 18.9 Å². The molecular formula is C33H26N2O7. The van der Waals surface area contributed by atoms with Gasteiger partial charge >= 0.3 is 12.1 Å². The molecule has 0 bridgehead atoms. The lowest BCUT2D eigenvalue weighted by atomic mass is 9.98. The van der Waals surface area contributed by atoms with Crippen molar-refractivity contribution in [3.63, 3.8) is 0 Å². The number of amides is 3. The van der Waals surface area contributed by atoms with Gasteiger partial charge in [0.2, 0.25) is 0 Å². The van der Waals surface area contributed by atoms with Crippen molar-refractivity contribution in [1.82, 2.24) is 10.4 Å². The number of alkyl carbamates (subject to hydrolysis) is 1. The van der Waals surface area contributed by atoms with Crippen LogP contribution in [0.2, 0.25) is 0 Å². The first-order valence-corrected chi connectivity index (χ1v) is 13.4. The minimum absolute atomic E-state index is 0.0206. The second-order valence-corrected chi connectivity index (χ2v) is 9.98. The summed E-state index contributed by atoms with van der Waals surface area (Å²) in [5.41, 5.74) is 5.32. The molecule has 0 fully saturated rings. The van der Waals surface area contributed by atoms with E-state index in [4.69, 9.17) is 14.3 Å². The largest absolute Gasteiger partial charge is 0.496 e. The lowest BCUT2D eigenvalue weighted by molar-refractivity contribution is -0.0586. The van der Waals surface area contributed by atoms with Crippen LogP contribution in [0.3, 0.4) is 0 Å². The first-order valence-electron chi connectivity index (χ1n) is 13.4. The van der Waals surface area contributed by atoms with Gasteiger partial charge in [-0.1, -0.05) is 71.8 Å². The molecule has 6 rings (SSSR count). The third-order valence-corrected chi connectivity index (χ3v) is 7.55. The summed E-state index contributed by atoms with van der Waals surface area (Å²) < 4.78 is 11.0. The molecule has 0 saturated heterocycles. The Bertz CT molecular complexity index is 1670. The second kappa shape index (κ2) is 10.9. The predicted octanol–water partition coefficient (Wildman–Crippen LogP) is 5.66. The van der Waals surface area contributed by atoms with Gasteiger partial charge in [0.25, 0.3) is 11.8 Å². The first kappa shape index (κ1) is 26.8. The smallest absolute Gasteiger partial charge is 0.407 e. The van der Waals surface area contributed by atoms with Crippen LogP contribution in [0, 0.1) is 0 Å². The maximum absolute atomic E-state index is 13.1. The average Bonchev–Trinajstić information content (AvgIpc) is 3.46. The summed E-state index contributed by atoms with van der Waals surface area (Å²) in [6, 6.07) is 26.5. The molecule has 2 aliphatic rings. The van der Waals surface area contributed by atoms with Crippen LogP contribution in [-0.4, -0.2) is 42.7 Å². The molecule has 4 aromatic carbocycles. The third-order valence-electron chi connectivity index (χ3n) is 7.55. The summed E-state index contributed by atoms with van der Waals surface area (Å²) in [6.07, 6.45) is -0.615. The van der Waals surface area contributed by atoms with Crippen molar-refractivity contribution in [1.29, 1.82) is 0 Å². The third kappa shape index (κ3) is 4.64. The molecule has 4 aromatic rings. The maximum atomic E-state index is 13.1. The van der Waals surface area contributed by atoms with E-state index in [0.29, 0.717) is 10.6 Å². The van der Waals surface area contributed by atoms with E-state index in [1.165, 1.54) is 25.3 Å². The normalized spacial score (nSPS) is 14.1. The molecule has 3 amide bonds. The number of hydrogen-bond donors (Lipinski definition) is 1. The van der Waals surface area contributed by atoms with Crippen LogP contribution in [0.25, 0.3) is 11.1 Å². The Morgan fingerprint density at radius 3 is 1.93 bits per heavy atom. The fraction of sp³-hybridized carbons (Fsp3) is 0.152. The van der Waals surface area contributed by atoms with E-state index in [2.05, 4.69) is 17.4 Å². The highest BCUT2D eigenvalue weighted by Gasteiger charge is 2.39. The second-order valence-electron chi connectivity index (χ2n) is 9.98. The van der Waals surface area contributed by atoms with Crippen LogP contribution in [0.15, 0.2) is 91.0 Å². The van der Waals surface area contributed by atoms with Gasteiger partial charge in [0.05, 0.1) is 24.3 Å². The molecule has 1 N–H and O–H groups in total. The number of nitrogens with zero attached hydrogens (tertiary/aromatic N) is 1. The highest BCUT2D eigenvalue weighted by molar-refractivity contribution is 6.21. The Labute approximate surface area is 241 Å². The fourth-order valence-corrected chi connectivity index (χ4v) is 5.44. The van der Waals surface area contributed by atoms with Crippen molar-refractivity contribution in [2.75, 3.05) is 13.7 Å². The summed E-state index contributed by atoms with van der Waals surface area (Å²) in [4.78, 5) is 56.5. The molecule has 1 heterocycles. The van der Waals surface area contributed by atoms with Crippen LogP contribution < -0.4 is 10.1 Å². The topological polar surface area (TPSA) is 111 Å². The molecule has 1 atom stereocenters. The minimum Gasteiger partial charge on any atom is -0.496 e. The Kier molecular flexibility index (Phi) is 6.92. The van der Waals surface area contributed by atoms with E-state index in [1.807, 2.05) is 36.4 Å². The summed E-state index contributed by atoms with van der Waals surface area (Å²) in [6.45, 7) is 1.90. The van der Waals surface area contributed by atoms with E-state index < -0.39 is 29.9 Å². The molecule has 0 saturated carbocycles. The van der Waals surface area contributed by atoms with Gasteiger partial charge in [-0.15, -0.1) is 0 Å². The fourth-order valence-electron chi connectivity index (χ4n) is 5.44. The summed E-state index contributed by atoms with van der Waals surface area (Å²) in [5.74, 6) is -2.33. The van der Waals surface area contributed by atoms with Gasteiger partial charge in [0.1, 0.15) is 17.9 Å². The molecule has 0 radical (unpaired) electrons. The Morgan fingerprint density at radius 1 is 0.810 bits per heavy atom. The first-order chi connectivity index (χ1) is 20.4. The van der Waals surface area contributed by atoms with Crippen molar-refractivity contribution >= 4 is 23.9 Å². The van der Waals surface area contributed by atoms with E-state index in [1.54, 1.807) is 31.2 Å². The molecule has 1 aliphatic carbocycles. The van der Waals surface area contributed by atoms with Crippen molar-refractivity contribution in [3.8, 4) is 16.9 Å². The van der Waals surface area contributed by atoms with Crippen molar-refractivity contribution in [2.24, 2.45) is 0 Å². The van der Waals surface area contributed by atoms with Gasteiger partial charge in [0.15, 0.2) is 0 Å². The summed E-state index contributed by atoms with van der Waals surface area (Å²) in [7, 11) is 1.38. The molecule has 1 aliphatic heterocycles. The van der Waals surface area contributed by atoms with Crippen LogP contribution >= 0.6 is 0 Å². The zero-order valence-electron chi connectivity index (χ0n) is 22.8. The number of ether oxygens (including phenoxy) is 2. The number of nitrogens with one attached hydrogen (secondary N) is 1. The van der Waals surface area contributed by atoms with E-state index >= 15 is 0 Å². The maximum Gasteiger partial charge on any atom is 0.407 e. The Morgan fingerprint density at radius 2 is 1.36 bits per heavy atom. The molecular weight excluding hydrogens is 536 g/mol. The van der Waals surface area contributed by atoms with Crippen LogP contribution in [-0.2, 0) is 9.57 Å². The molecule has 9 nitrogen and oxygen atoms in total. The number of hydrogen-bond acceptors (Lipinski definition) is 7. The molecule has 0 spiro atoms. The molecule has 9 heteroatoms. The number of methoxy groups -OCH3 is 1. The predicted molar refractivity (Wildman–Crippen MR) is 152 cm³/mol. The average molecular weight is 563 g/mol. The number of benzene rings is 4. The van der Waals surface area contributed by atoms with Gasteiger partial charge in [-0.2, -0.15) is 0 Å². The van der Waals surface area contributed by atoms with E-state index in [9.17, 15) is 19.2 Å². The van der Waals surface area contributed by atoms with Crippen LogP contribution in [0.5, 0.6) is 5.75 Å². The lowest BCUT2D eigenvalue weighted by Crippen LogP contribution is -2.33. The molecule has 42 heavy (non-hydrogen) atoms. The Balaban J connectivity index is 1.13. The zero-order chi connectivity index (χ0) is 29.4. The molecule has 210 valence electrons. The number of carbonyl (C=O) groups is 4. The standard InChI is InChI=1S/C33H26N2O7/c1-19(34-33(39)41-18-28-23-11-5-3-9-21(23)22-10-4-6-12-24(22)28)20-15-16-29(40-2)27(17-20)32(38)42-35-30(36)25-13-7-8-14-26(25)31(35)37/h3-17,19,28H,18H2,1-2H3,(H,34,39)/t19-/m0/s1. The summed E-state index contributed by atoms with van der Waals surface area (Å²) in [5, 5.41) is 3.24. The van der Waals surface area contributed by atoms with Gasteiger partial charge in [0, 0.05) is 5.92 Å². The minimum atomic E-state index is -0.962. The highest BCUT2D eigenvalue weighted by atomic mass is 16.7. The van der Waals surface area contributed by atoms with Gasteiger partial charge < -0.3 is 19.6 Å². The number of carbonyl (C=O) groups excluding carboxylic acids is 4. The van der Waals surface area contributed by atoms with E-state index in [0.717, 1.165) is 22.3 Å². The quantitative estimate of drug-likeness (QED) is 0.289.